The van der Waals surface area contributed by atoms with E-state index in [1.165, 1.54) is 0 Å². The molecule has 0 unspecified atom stereocenters. The third-order valence-electron chi connectivity index (χ3n) is 4.78. The Morgan fingerprint density at radius 2 is 1.65 bits per heavy atom. The van der Waals surface area contributed by atoms with Crippen LogP contribution in [0.2, 0.25) is 5.02 Å². The fourth-order valence-corrected chi connectivity index (χ4v) is 3.01. The zero-order chi connectivity index (χ0) is 18.7. The summed E-state index contributed by atoms with van der Waals surface area (Å²) in [5.74, 6) is -0.0155. The zero-order valence-electron chi connectivity index (χ0n) is 15.0. The van der Waals surface area contributed by atoms with Crippen molar-refractivity contribution >= 4 is 29.1 Å². The maximum absolute atomic E-state index is 12.7. The highest BCUT2D eigenvalue weighted by atomic mass is 35.5. The molecule has 0 aromatic heterocycles. The van der Waals surface area contributed by atoms with Gasteiger partial charge in [0.25, 0.3) is 0 Å². The van der Waals surface area contributed by atoms with E-state index in [0.29, 0.717) is 11.6 Å². The van der Waals surface area contributed by atoms with Gasteiger partial charge >= 0.3 is 0 Å². The quantitative estimate of drug-likeness (QED) is 0.797. The van der Waals surface area contributed by atoms with Crippen molar-refractivity contribution in [1.82, 2.24) is 5.32 Å². The van der Waals surface area contributed by atoms with Crippen molar-refractivity contribution in [1.29, 1.82) is 0 Å². The molecule has 5 heteroatoms. The first-order valence-corrected chi connectivity index (χ1v) is 9.23. The van der Waals surface area contributed by atoms with Gasteiger partial charge in [-0.25, -0.2) is 0 Å². The van der Waals surface area contributed by atoms with Crippen molar-refractivity contribution in [2.75, 3.05) is 5.32 Å². The number of nitrogens with one attached hydrogen (secondary N) is 2. The summed E-state index contributed by atoms with van der Waals surface area (Å²) < 4.78 is 0. The maximum atomic E-state index is 12.7. The normalized spacial score (nSPS) is 14.8. The molecule has 2 aromatic carbocycles. The molecule has 2 amide bonds. The average Bonchev–Trinajstić information content (AvgIpc) is 3.43. The Labute approximate surface area is 158 Å². The smallest absolute Gasteiger partial charge is 0.230 e. The zero-order valence-corrected chi connectivity index (χ0v) is 15.8. The lowest BCUT2D eigenvalue weighted by atomic mass is 9.95. The number of amides is 2. The molecule has 4 nitrogen and oxygen atoms in total. The van der Waals surface area contributed by atoms with Crippen molar-refractivity contribution in [2.45, 2.75) is 38.6 Å². The van der Waals surface area contributed by atoms with Crippen molar-refractivity contribution in [3.05, 3.63) is 64.7 Å². The number of halogens is 1. The van der Waals surface area contributed by atoms with Crippen LogP contribution in [0.25, 0.3) is 0 Å². The Morgan fingerprint density at radius 3 is 2.19 bits per heavy atom. The summed E-state index contributed by atoms with van der Waals surface area (Å²) in [5, 5.41) is 6.57. The molecule has 0 saturated heterocycles. The van der Waals surface area contributed by atoms with Gasteiger partial charge in [0, 0.05) is 23.2 Å². The number of rotatable bonds is 6. The van der Waals surface area contributed by atoms with E-state index in [2.05, 4.69) is 10.6 Å². The predicted molar refractivity (Wildman–Crippen MR) is 104 cm³/mol. The van der Waals surface area contributed by atoms with Gasteiger partial charge in [0.05, 0.1) is 5.41 Å². The molecule has 26 heavy (non-hydrogen) atoms. The molecule has 2 aromatic rings. The number of benzene rings is 2. The fraction of sp³-hybridized carbons (Fsp3) is 0.333. The lowest BCUT2D eigenvalue weighted by Crippen LogP contribution is -2.34. The van der Waals surface area contributed by atoms with Crippen LogP contribution in [0.1, 0.15) is 37.8 Å². The number of carbonyl (C=O) groups is 2. The highest BCUT2D eigenvalue weighted by molar-refractivity contribution is 6.30. The second kappa shape index (κ2) is 7.50. The summed E-state index contributed by atoms with van der Waals surface area (Å²) in [4.78, 5) is 24.4. The molecule has 0 radical (unpaired) electrons. The number of hydrogen-bond donors (Lipinski definition) is 2. The van der Waals surface area contributed by atoms with E-state index < -0.39 is 5.41 Å². The summed E-state index contributed by atoms with van der Waals surface area (Å²) in [6.45, 7) is 4.17. The van der Waals surface area contributed by atoms with Gasteiger partial charge in [0.2, 0.25) is 11.8 Å². The largest absolute Gasteiger partial charge is 0.351 e. The Kier molecular flexibility index (Phi) is 5.33. The first-order chi connectivity index (χ1) is 12.4. The minimum atomic E-state index is -0.407. The molecule has 136 valence electrons. The van der Waals surface area contributed by atoms with Gasteiger partial charge in [-0.3, -0.25) is 9.59 Å². The van der Waals surface area contributed by atoms with Crippen LogP contribution in [0.15, 0.2) is 48.5 Å². The maximum Gasteiger partial charge on any atom is 0.230 e. The predicted octanol–water partition coefficient (Wildman–Crippen LogP) is 4.28. The van der Waals surface area contributed by atoms with E-state index in [0.717, 1.165) is 29.7 Å². The van der Waals surface area contributed by atoms with Gasteiger partial charge in [-0.15, -0.1) is 0 Å². The lowest BCUT2D eigenvalue weighted by molar-refractivity contribution is -0.123. The van der Waals surface area contributed by atoms with Crippen molar-refractivity contribution < 1.29 is 9.59 Å². The van der Waals surface area contributed by atoms with E-state index in [1.807, 2.05) is 62.4 Å². The van der Waals surface area contributed by atoms with Gasteiger partial charge in [-0.2, -0.15) is 0 Å². The van der Waals surface area contributed by atoms with Crippen LogP contribution in [-0.2, 0) is 21.5 Å². The minimum absolute atomic E-state index is 0.00954. The van der Waals surface area contributed by atoms with E-state index in [1.54, 1.807) is 0 Å². The van der Waals surface area contributed by atoms with Crippen LogP contribution >= 0.6 is 11.6 Å². The summed E-state index contributed by atoms with van der Waals surface area (Å²) in [6, 6.07) is 15.1. The molecular formula is C21H23ClN2O2. The molecule has 0 aliphatic heterocycles. The van der Waals surface area contributed by atoms with Gasteiger partial charge in [-0.1, -0.05) is 49.7 Å². The average molecular weight is 371 g/mol. The molecule has 0 atom stereocenters. The van der Waals surface area contributed by atoms with Crippen LogP contribution in [-0.4, -0.2) is 11.8 Å². The van der Waals surface area contributed by atoms with E-state index in [-0.39, 0.29) is 17.7 Å². The highest BCUT2D eigenvalue weighted by Crippen LogP contribution is 2.48. The molecule has 1 fully saturated rings. The van der Waals surface area contributed by atoms with Crippen molar-refractivity contribution in [3.63, 3.8) is 0 Å². The van der Waals surface area contributed by atoms with Crippen LogP contribution in [0, 0.1) is 5.92 Å². The van der Waals surface area contributed by atoms with Crippen LogP contribution in [0.3, 0.4) is 0 Å². The van der Waals surface area contributed by atoms with Gasteiger partial charge in [0.1, 0.15) is 0 Å². The molecule has 0 spiro atoms. The summed E-state index contributed by atoms with van der Waals surface area (Å²) in [5.41, 5.74) is 2.37. The Balaban J connectivity index is 1.58. The molecular weight excluding hydrogens is 348 g/mol. The van der Waals surface area contributed by atoms with E-state index >= 15 is 0 Å². The molecule has 0 heterocycles. The Morgan fingerprint density at radius 1 is 1.04 bits per heavy atom. The van der Waals surface area contributed by atoms with E-state index in [9.17, 15) is 9.59 Å². The van der Waals surface area contributed by atoms with Crippen molar-refractivity contribution in [2.24, 2.45) is 5.92 Å². The number of hydrogen-bond acceptors (Lipinski definition) is 2. The molecule has 2 N–H and O–H groups in total. The molecule has 1 aliphatic carbocycles. The first-order valence-electron chi connectivity index (χ1n) is 8.85. The highest BCUT2D eigenvalue weighted by Gasteiger charge is 2.50. The second-order valence-corrected chi connectivity index (χ2v) is 7.55. The van der Waals surface area contributed by atoms with E-state index in [4.69, 9.17) is 11.6 Å². The van der Waals surface area contributed by atoms with Gasteiger partial charge in [0.15, 0.2) is 0 Å². The SMILES string of the molecule is CC(C)C(=O)Nc1ccc(CNC(=O)C2(c3ccc(Cl)cc3)CC2)cc1. The topological polar surface area (TPSA) is 58.2 Å². The summed E-state index contributed by atoms with van der Waals surface area (Å²) >= 11 is 5.94. The minimum Gasteiger partial charge on any atom is -0.351 e. The standard InChI is InChI=1S/C21H23ClN2O2/c1-14(2)19(25)24-18-9-3-15(4-10-18)13-23-20(26)21(11-12-21)16-5-7-17(22)8-6-16/h3-10,14H,11-13H2,1-2H3,(H,23,26)(H,24,25). The monoisotopic (exact) mass is 370 g/mol. The third kappa shape index (κ3) is 4.07. The van der Waals surface area contributed by atoms with Gasteiger partial charge in [-0.05, 0) is 48.2 Å². The number of carbonyl (C=O) groups excluding carboxylic acids is 2. The third-order valence-corrected chi connectivity index (χ3v) is 5.03. The Bertz CT molecular complexity index is 794. The molecule has 1 saturated carbocycles. The summed E-state index contributed by atoms with van der Waals surface area (Å²) in [6.07, 6.45) is 1.72. The molecule has 1 aliphatic rings. The van der Waals surface area contributed by atoms with Gasteiger partial charge < -0.3 is 10.6 Å². The van der Waals surface area contributed by atoms with Crippen LogP contribution in [0.5, 0.6) is 0 Å². The van der Waals surface area contributed by atoms with Crippen LogP contribution in [0.4, 0.5) is 5.69 Å². The second-order valence-electron chi connectivity index (χ2n) is 7.11. The number of anilines is 1. The lowest BCUT2D eigenvalue weighted by Gasteiger charge is -2.16. The van der Waals surface area contributed by atoms with Crippen molar-refractivity contribution in [3.8, 4) is 0 Å². The summed E-state index contributed by atoms with van der Waals surface area (Å²) in [7, 11) is 0. The molecule has 3 rings (SSSR count). The first kappa shape index (κ1) is 18.5. The van der Waals surface area contributed by atoms with Crippen LogP contribution < -0.4 is 10.6 Å². The molecule has 0 bridgehead atoms. The Hall–Kier alpha value is -2.33. The fourth-order valence-electron chi connectivity index (χ4n) is 2.88.